The van der Waals surface area contributed by atoms with Gasteiger partial charge in [0.25, 0.3) is 0 Å². The van der Waals surface area contributed by atoms with Crippen LogP contribution in [-0.2, 0) is 25.2 Å². The molecule has 0 saturated carbocycles. The third-order valence-corrected chi connectivity index (χ3v) is 6.53. The number of likely N-dealkylation sites (N-methyl/N-ethyl adjacent to an activating group) is 2. The van der Waals surface area contributed by atoms with E-state index in [4.69, 9.17) is 20.4 Å². The number of methoxy groups -OCH3 is 1. The van der Waals surface area contributed by atoms with Crippen LogP contribution in [0.1, 0.15) is 38.8 Å². The Balaban J connectivity index is 0.000000371. The van der Waals surface area contributed by atoms with E-state index in [1.54, 1.807) is 13.8 Å². The van der Waals surface area contributed by atoms with E-state index in [2.05, 4.69) is 0 Å². The molecule has 2 aromatic rings. The summed E-state index contributed by atoms with van der Waals surface area (Å²) < 4.78 is 4.80. The van der Waals surface area contributed by atoms with Gasteiger partial charge in [0, 0.05) is 24.9 Å². The number of carbonyl (C=O) groups is 4. The molecule has 0 heterocycles. The fourth-order valence-corrected chi connectivity index (χ4v) is 4.31. The van der Waals surface area contributed by atoms with Gasteiger partial charge in [-0.05, 0) is 11.1 Å². The third-order valence-electron chi connectivity index (χ3n) is 6.53. The smallest absolute Gasteiger partial charge is 0.329 e. The van der Waals surface area contributed by atoms with Crippen molar-refractivity contribution in [2.45, 2.75) is 50.6 Å². The molecule has 0 aliphatic carbocycles. The number of ether oxygens (including phenoxy) is 1. The molecule has 0 fully saturated rings. The summed E-state index contributed by atoms with van der Waals surface area (Å²) in [6.45, 7) is 7.31. The quantitative estimate of drug-likeness (QED) is 0.437. The molecule has 2 aromatic carbocycles. The minimum Gasteiger partial charge on any atom is -0.480 e. The predicted molar refractivity (Wildman–Crippen MR) is 144 cm³/mol. The number of carboxylic acids is 1. The minimum atomic E-state index is -1.08. The summed E-state index contributed by atoms with van der Waals surface area (Å²) in [4.78, 5) is 48.3. The molecule has 0 aliphatic rings. The Bertz CT molecular complexity index is 1080. The summed E-state index contributed by atoms with van der Waals surface area (Å²) in [5, 5.41) is 9.34. The number of aliphatic carboxylic acids is 1. The van der Waals surface area contributed by atoms with Gasteiger partial charge in [-0.25, -0.2) is 9.59 Å². The zero-order valence-corrected chi connectivity index (χ0v) is 22.5. The first-order valence-corrected chi connectivity index (χ1v) is 11.6. The monoisotopic (exact) mass is 504 g/mol. The zero-order chi connectivity index (χ0) is 28.6. The molecule has 37 heavy (non-hydrogen) atoms. The topological polar surface area (TPSA) is 104 Å². The van der Waals surface area contributed by atoms with E-state index in [1.807, 2.05) is 74.5 Å². The molecule has 1 N–H and O–H groups in total. The van der Waals surface area contributed by atoms with E-state index >= 15 is 0 Å². The first kappa shape index (κ1) is 31.5. The lowest BCUT2D eigenvalue weighted by Gasteiger charge is -2.38. The van der Waals surface area contributed by atoms with Gasteiger partial charge < -0.3 is 19.6 Å². The van der Waals surface area contributed by atoms with Crippen LogP contribution in [-0.4, -0.2) is 87.4 Å². The molecule has 0 saturated heterocycles. The maximum Gasteiger partial charge on any atom is 0.329 e. The van der Waals surface area contributed by atoms with E-state index in [0.717, 1.165) is 16.0 Å². The highest BCUT2D eigenvalue weighted by Crippen LogP contribution is 2.31. The molecule has 0 unspecified atom stereocenters. The molecular formula is C27H34B2N2O6. The molecule has 194 valence electrons. The number of carboxylic acid groups (broad SMARTS) is 1. The highest BCUT2D eigenvalue weighted by molar-refractivity contribution is 6.57. The van der Waals surface area contributed by atoms with Crippen LogP contribution < -0.4 is 0 Å². The van der Waals surface area contributed by atoms with Gasteiger partial charge >= 0.3 is 11.9 Å². The lowest BCUT2D eigenvalue weighted by molar-refractivity contribution is -0.147. The van der Waals surface area contributed by atoms with Gasteiger partial charge in [0.1, 0.15) is 12.1 Å². The van der Waals surface area contributed by atoms with Crippen molar-refractivity contribution < 1.29 is 29.0 Å². The first-order chi connectivity index (χ1) is 17.1. The highest BCUT2D eigenvalue weighted by atomic mass is 16.5. The predicted octanol–water partition coefficient (Wildman–Crippen LogP) is 3.36. The van der Waals surface area contributed by atoms with Gasteiger partial charge in [0.15, 0.2) is 11.6 Å². The van der Waals surface area contributed by atoms with E-state index in [0.29, 0.717) is 0 Å². The van der Waals surface area contributed by atoms with Gasteiger partial charge in [-0.3, -0.25) is 9.59 Å². The number of carbonyl (C=O) groups excluding carboxylic acids is 3. The Hall–Kier alpha value is -3.55. The normalized spacial score (nSPS) is 12.7. The standard InChI is InChI=1S/C14H18BNO3.C13H16BNO3/c1-14(2,10-8-6-5-7-9-10)11(12(17)19-4)16(3)13(15)18;1-13(2,9-7-5-4-6-8-9)10(11(16)17)15(3)12(14)18/h5-9,11H,1-4H3;4-8,10H,1-3H3,(H,16,17)/t11-;10-/m11/s1. The van der Waals surface area contributed by atoms with Crippen molar-refractivity contribution in [3.63, 3.8) is 0 Å². The number of nitrogens with zero attached hydrogens (tertiary/aromatic N) is 2. The summed E-state index contributed by atoms with van der Waals surface area (Å²) in [5.74, 6) is -2.99. The van der Waals surface area contributed by atoms with Crippen LogP contribution in [0.4, 0.5) is 9.59 Å². The second-order valence-electron chi connectivity index (χ2n) is 9.74. The summed E-state index contributed by atoms with van der Waals surface area (Å²) in [6.07, 6.45) is 0. The van der Waals surface area contributed by atoms with Crippen LogP contribution in [0.3, 0.4) is 0 Å². The van der Waals surface area contributed by atoms with E-state index in [9.17, 15) is 24.3 Å². The lowest BCUT2D eigenvalue weighted by atomic mass is 9.76. The van der Waals surface area contributed by atoms with Crippen molar-refractivity contribution in [3.05, 3.63) is 71.8 Å². The highest BCUT2D eigenvalue weighted by Gasteiger charge is 2.42. The van der Waals surface area contributed by atoms with Crippen molar-refractivity contribution in [2.24, 2.45) is 0 Å². The van der Waals surface area contributed by atoms with Gasteiger partial charge in [0.2, 0.25) is 15.7 Å². The number of benzene rings is 2. The fourth-order valence-electron chi connectivity index (χ4n) is 4.31. The van der Waals surface area contributed by atoms with Crippen LogP contribution >= 0.6 is 0 Å². The maximum atomic E-state index is 12.0. The average molecular weight is 504 g/mol. The first-order valence-electron chi connectivity index (χ1n) is 11.6. The molecule has 10 heteroatoms. The zero-order valence-electron chi connectivity index (χ0n) is 22.5. The van der Waals surface area contributed by atoms with E-state index in [1.165, 1.54) is 26.1 Å². The van der Waals surface area contributed by atoms with E-state index in [-0.39, 0.29) is 0 Å². The van der Waals surface area contributed by atoms with Gasteiger partial charge in [-0.1, -0.05) is 88.4 Å². The maximum absolute atomic E-state index is 12.0. The Labute approximate surface area is 221 Å². The van der Waals surface area contributed by atoms with Crippen molar-refractivity contribution >= 4 is 39.2 Å². The third kappa shape index (κ3) is 7.71. The Morgan fingerprint density at radius 3 is 1.35 bits per heavy atom. The Kier molecular flexibility index (Phi) is 11.2. The van der Waals surface area contributed by atoms with Crippen LogP contribution in [0.2, 0.25) is 0 Å². The molecule has 8 nitrogen and oxygen atoms in total. The molecular weight excluding hydrogens is 470 g/mol. The number of esters is 1. The van der Waals surface area contributed by atoms with E-state index < -0.39 is 46.5 Å². The van der Waals surface area contributed by atoms with Crippen molar-refractivity contribution in [1.29, 1.82) is 0 Å². The fraction of sp³-hybridized carbons (Fsp3) is 0.407. The molecule has 2 atom stereocenters. The van der Waals surface area contributed by atoms with Gasteiger partial charge in [-0.2, -0.15) is 0 Å². The molecule has 2 rings (SSSR count). The molecule has 4 radical (unpaired) electrons. The number of amides is 2. The number of hydrogen-bond acceptors (Lipinski definition) is 5. The minimum absolute atomic E-state index is 0.491. The summed E-state index contributed by atoms with van der Waals surface area (Å²) >= 11 is 0. The van der Waals surface area contributed by atoms with Gasteiger partial charge in [0.05, 0.1) is 7.11 Å². The van der Waals surface area contributed by atoms with Crippen molar-refractivity contribution in [2.75, 3.05) is 21.2 Å². The van der Waals surface area contributed by atoms with Crippen LogP contribution in [0, 0.1) is 0 Å². The molecule has 0 bridgehead atoms. The second kappa shape index (κ2) is 13.1. The Morgan fingerprint density at radius 1 is 0.730 bits per heavy atom. The largest absolute Gasteiger partial charge is 0.480 e. The molecule has 2 amide bonds. The van der Waals surface area contributed by atoms with Crippen LogP contribution in [0.15, 0.2) is 60.7 Å². The number of rotatable bonds is 8. The molecule has 0 spiro atoms. The van der Waals surface area contributed by atoms with Crippen LogP contribution in [0.5, 0.6) is 0 Å². The summed E-state index contributed by atoms with van der Waals surface area (Å²) in [7, 11) is 14.6. The second-order valence-corrected chi connectivity index (χ2v) is 9.74. The SMILES string of the molecule is [B]C(=O)N(C)[C@H](C(=O)O)C(C)(C)c1ccccc1.[B]C(=O)N(C)[C@H](C(=O)OC)C(C)(C)c1ccccc1. The number of hydrogen-bond donors (Lipinski definition) is 1. The van der Waals surface area contributed by atoms with Crippen LogP contribution in [0.25, 0.3) is 0 Å². The summed E-state index contributed by atoms with van der Waals surface area (Å²) in [6, 6.07) is 16.9. The van der Waals surface area contributed by atoms with Crippen molar-refractivity contribution in [3.8, 4) is 0 Å². The average Bonchev–Trinajstić information content (AvgIpc) is 2.84. The van der Waals surface area contributed by atoms with Crippen molar-refractivity contribution in [1.82, 2.24) is 9.80 Å². The molecule has 0 aromatic heterocycles. The molecule has 0 aliphatic heterocycles. The summed E-state index contributed by atoms with van der Waals surface area (Å²) in [5.41, 5.74) is 0.415. The Morgan fingerprint density at radius 2 is 1.05 bits per heavy atom. The lowest BCUT2D eigenvalue weighted by Crippen LogP contribution is -2.53. The van der Waals surface area contributed by atoms with Gasteiger partial charge in [-0.15, -0.1) is 0 Å².